The van der Waals surface area contributed by atoms with Crippen LogP contribution in [0.4, 0.5) is 10.2 Å². The minimum absolute atomic E-state index is 0.0877. The number of rotatable bonds is 8. The van der Waals surface area contributed by atoms with Gasteiger partial charge in [-0.3, -0.25) is 4.79 Å². The van der Waals surface area contributed by atoms with Crippen molar-refractivity contribution in [3.05, 3.63) is 78.2 Å². The normalized spacial score (nSPS) is 10.9. The standard InChI is InChI=1S/C23H19FN8O3/c1-31-22(28-29-30-31)32-19-7-3-2-6-18(19)26-23(32)35-13-16-5-4-8-20(25-16)27-21(33)14-34-17-11-9-15(24)10-12-17/h2-12H,13-14H2,1H3,(H,25,27,33). The van der Waals surface area contributed by atoms with Crippen molar-refractivity contribution in [2.45, 2.75) is 6.61 Å². The number of carbonyl (C=O) groups is 1. The highest BCUT2D eigenvalue weighted by molar-refractivity contribution is 5.90. The van der Waals surface area contributed by atoms with Crippen LogP contribution in [0.15, 0.2) is 66.7 Å². The van der Waals surface area contributed by atoms with Crippen molar-refractivity contribution in [1.29, 1.82) is 0 Å². The van der Waals surface area contributed by atoms with Gasteiger partial charge in [0.1, 0.15) is 24.0 Å². The highest BCUT2D eigenvalue weighted by atomic mass is 19.1. The molecule has 3 aromatic heterocycles. The molecule has 176 valence electrons. The molecule has 0 saturated heterocycles. The number of imidazole rings is 1. The molecule has 0 fully saturated rings. The first-order chi connectivity index (χ1) is 17.1. The molecule has 2 aromatic carbocycles. The first kappa shape index (κ1) is 21.9. The number of aromatic nitrogens is 7. The van der Waals surface area contributed by atoms with E-state index in [1.807, 2.05) is 24.3 Å². The lowest BCUT2D eigenvalue weighted by atomic mass is 10.3. The quantitative estimate of drug-likeness (QED) is 0.364. The average Bonchev–Trinajstić information content (AvgIpc) is 3.45. The summed E-state index contributed by atoms with van der Waals surface area (Å²) in [7, 11) is 1.72. The number of nitrogens with zero attached hydrogens (tertiary/aromatic N) is 7. The molecule has 0 bridgehead atoms. The molecule has 11 nitrogen and oxygen atoms in total. The van der Waals surface area contributed by atoms with E-state index in [1.54, 1.807) is 29.8 Å². The third-order valence-corrected chi connectivity index (χ3v) is 4.93. The number of tetrazole rings is 1. The Morgan fingerprint density at radius 3 is 2.63 bits per heavy atom. The number of anilines is 1. The summed E-state index contributed by atoms with van der Waals surface area (Å²) in [4.78, 5) is 21.2. The van der Waals surface area contributed by atoms with Crippen molar-refractivity contribution in [1.82, 2.24) is 34.7 Å². The molecule has 0 spiro atoms. The second kappa shape index (κ2) is 9.55. The number of pyridine rings is 1. The van der Waals surface area contributed by atoms with Crippen LogP contribution in [-0.4, -0.2) is 47.3 Å². The van der Waals surface area contributed by atoms with Crippen molar-refractivity contribution in [2.24, 2.45) is 7.05 Å². The number of fused-ring (bicyclic) bond motifs is 1. The monoisotopic (exact) mass is 474 g/mol. The molecule has 0 aliphatic carbocycles. The molecule has 0 radical (unpaired) electrons. The number of amides is 1. The number of ether oxygens (including phenoxy) is 2. The van der Waals surface area contributed by atoms with Gasteiger partial charge >= 0.3 is 6.01 Å². The maximum Gasteiger partial charge on any atom is 0.305 e. The summed E-state index contributed by atoms with van der Waals surface area (Å²) in [6.45, 7) is -0.159. The molecule has 1 N–H and O–H groups in total. The van der Waals surface area contributed by atoms with E-state index in [2.05, 4.69) is 30.8 Å². The van der Waals surface area contributed by atoms with Crippen LogP contribution < -0.4 is 14.8 Å². The molecule has 5 rings (SSSR count). The Kier molecular flexibility index (Phi) is 5.99. The Labute approximate surface area is 198 Å². The summed E-state index contributed by atoms with van der Waals surface area (Å²) in [6.07, 6.45) is 0. The minimum Gasteiger partial charge on any atom is -0.484 e. The van der Waals surface area contributed by atoms with E-state index in [1.165, 1.54) is 28.9 Å². The zero-order chi connectivity index (χ0) is 24.2. The Bertz CT molecular complexity index is 1480. The lowest BCUT2D eigenvalue weighted by Gasteiger charge is -2.10. The van der Waals surface area contributed by atoms with Crippen molar-refractivity contribution in [2.75, 3.05) is 11.9 Å². The highest BCUT2D eigenvalue weighted by Gasteiger charge is 2.18. The van der Waals surface area contributed by atoms with Crippen LogP contribution in [0.25, 0.3) is 17.0 Å². The topological polar surface area (TPSA) is 122 Å². The first-order valence-corrected chi connectivity index (χ1v) is 10.5. The summed E-state index contributed by atoms with van der Waals surface area (Å²) in [5.41, 5.74) is 2.08. The molecule has 0 unspecified atom stereocenters. The number of benzene rings is 2. The van der Waals surface area contributed by atoms with Gasteiger partial charge in [0.25, 0.3) is 11.9 Å². The van der Waals surface area contributed by atoms with Gasteiger partial charge < -0.3 is 14.8 Å². The summed E-state index contributed by atoms with van der Waals surface area (Å²) in [6, 6.07) is 18.4. The third-order valence-electron chi connectivity index (χ3n) is 4.93. The maximum absolute atomic E-state index is 13.0. The Morgan fingerprint density at radius 2 is 1.83 bits per heavy atom. The molecule has 5 aromatic rings. The Balaban J connectivity index is 1.27. The number of hydrogen-bond donors (Lipinski definition) is 1. The zero-order valence-electron chi connectivity index (χ0n) is 18.5. The van der Waals surface area contributed by atoms with Crippen LogP contribution in [0.2, 0.25) is 0 Å². The molecule has 1 amide bonds. The SMILES string of the molecule is Cn1nnnc1-n1c(OCc2cccc(NC(=O)COc3ccc(F)cc3)n2)nc2ccccc21. The van der Waals surface area contributed by atoms with Crippen molar-refractivity contribution < 1.29 is 18.7 Å². The predicted octanol–water partition coefficient (Wildman–Crippen LogP) is 2.68. The van der Waals surface area contributed by atoms with Gasteiger partial charge in [-0.05, 0) is 59.0 Å². The average molecular weight is 474 g/mol. The molecule has 0 atom stereocenters. The molecular formula is C23H19FN8O3. The van der Waals surface area contributed by atoms with Gasteiger partial charge in [0.15, 0.2) is 6.61 Å². The van der Waals surface area contributed by atoms with Gasteiger partial charge in [0, 0.05) is 7.05 Å². The van der Waals surface area contributed by atoms with Crippen LogP contribution in [0.1, 0.15) is 5.69 Å². The van der Waals surface area contributed by atoms with E-state index in [4.69, 9.17) is 9.47 Å². The Morgan fingerprint density at radius 1 is 1.00 bits per heavy atom. The summed E-state index contributed by atoms with van der Waals surface area (Å²) < 4.78 is 27.5. The third kappa shape index (κ3) is 4.90. The molecule has 35 heavy (non-hydrogen) atoms. The van der Waals surface area contributed by atoms with E-state index in [9.17, 15) is 9.18 Å². The van der Waals surface area contributed by atoms with Gasteiger partial charge in [-0.1, -0.05) is 23.3 Å². The lowest BCUT2D eigenvalue weighted by molar-refractivity contribution is -0.118. The highest BCUT2D eigenvalue weighted by Crippen LogP contribution is 2.25. The fourth-order valence-corrected chi connectivity index (χ4v) is 3.33. The first-order valence-electron chi connectivity index (χ1n) is 10.5. The largest absolute Gasteiger partial charge is 0.484 e. The van der Waals surface area contributed by atoms with E-state index in [-0.39, 0.29) is 19.0 Å². The van der Waals surface area contributed by atoms with Gasteiger partial charge in [0.2, 0.25) is 0 Å². The van der Waals surface area contributed by atoms with E-state index in [0.717, 1.165) is 11.0 Å². The van der Waals surface area contributed by atoms with Crippen LogP contribution in [0, 0.1) is 5.82 Å². The molecular weight excluding hydrogens is 455 g/mol. The molecule has 3 heterocycles. The van der Waals surface area contributed by atoms with Gasteiger partial charge in [-0.15, -0.1) is 0 Å². The number of carbonyl (C=O) groups excluding carboxylic acids is 1. The summed E-state index contributed by atoms with van der Waals surface area (Å²) in [5, 5.41) is 14.3. The van der Waals surface area contributed by atoms with Crippen molar-refractivity contribution in [3.63, 3.8) is 0 Å². The fourth-order valence-electron chi connectivity index (χ4n) is 3.33. The van der Waals surface area contributed by atoms with Gasteiger partial charge in [0.05, 0.1) is 16.7 Å². The van der Waals surface area contributed by atoms with Crippen LogP contribution >= 0.6 is 0 Å². The minimum atomic E-state index is -0.406. The Hall–Kier alpha value is -4.87. The van der Waals surface area contributed by atoms with E-state index in [0.29, 0.717) is 29.2 Å². The number of aryl methyl sites for hydroxylation is 1. The van der Waals surface area contributed by atoms with Crippen LogP contribution in [0.5, 0.6) is 11.8 Å². The molecule has 12 heteroatoms. The van der Waals surface area contributed by atoms with Gasteiger partial charge in [-0.25, -0.2) is 18.6 Å². The number of nitrogens with one attached hydrogen (secondary N) is 1. The summed E-state index contributed by atoms with van der Waals surface area (Å²) >= 11 is 0. The molecule has 0 aliphatic rings. The zero-order valence-corrected chi connectivity index (χ0v) is 18.5. The van der Waals surface area contributed by atoms with E-state index < -0.39 is 5.91 Å². The molecule has 0 saturated carbocycles. The number of hydrogen-bond acceptors (Lipinski definition) is 8. The summed E-state index contributed by atoms with van der Waals surface area (Å²) in [5.74, 6) is 0.386. The molecule has 0 aliphatic heterocycles. The van der Waals surface area contributed by atoms with Crippen molar-refractivity contribution in [3.8, 4) is 17.7 Å². The van der Waals surface area contributed by atoms with Crippen LogP contribution in [0.3, 0.4) is 0 Å². The van der Waals surface area contributed by atoms with Crippen LogP contribution in [-0.2, 0) is 18.4 Å². The smallest absolute Gasteiger partial charge is 0.305 e. The fraction of sp³-hybridized carbons (Fsp3) is 0.130. The lowest BCUT2D eigenvalue weighted by Crippen LogP contribution is -2.21. The van der Waals surface area contributed by atoms with Crippen molar-refractivity contribution >= 4 is 22.8 Å². The predicted molar refractivity (Wildman–Crippen MR) is 123 cm³/mol. The second-order valence-electron chi connectivity index (χ2n) is 7.41. The maximum atomic E-state index is 13.0. The number of halogens is 1. The second-order valence-corrected chi connectivity index (χ2v) is 7.41. The van der Waals surface area contributed by atoms with E-state index >= 15 is 0 Å². The van der Waals surface area contributed by atoms with Gasteiger partial charge in [-0.2, -0.15) is 4.98 Å². The number of para-hydroxylation sites is 2.